The molecule has 3 atom stereocenters. The van der Waals surface area contributed by atoms with Crippen LogP contribution in [0.4, 0.5) is 5.69 Å². The Morgan fingerprint density at radius 3 is 2.46 bits per heavy atom. The van der Waals surface area contributed by atoms with Gasteiger partial charge in [-0.3, -0.25) is 15.4 Å². The molecule has 0 saturated carbocycles. The first-order valence-corrected chi connectivity index (χ1v) is 9.63. The molecule has 1 heterocycles. The third-order valence-corrected chi connectivity index (χ3v) is 5.08. The first kappa shape index (κ1) is 20.0. The van der Waals surface area contributed by atoms with Gasteiger partial charge in [0.1, 0.15) is 0 Å². The Labute approximate surface area is 166 Å². The summed E-state index contributed by atoms with van der Waals surface area (Å²) in [5, 5.41) is 19.0. The second-order valence-corrected chi connectivity index (χ2v) is 7.45. The number of amides is 1. The topological polar surface area (TPSA) is 103 Å². The van der Waals surface area contributed by atoms with E-state index >= 15 is 0 Å². The van der Waals surface area contributed by atoms with Gasteiger partial charge in [-0.1, -0.05) is 24.3 Å². The SMILES string of the molecule is CC1CC(C)NC(C(CN)C(=O)Nc2cccc(-c3cccc(C#N)c3)c2)N1. The molecule has 1 amide bonds. The van der Waals surface area contributed by atoms with E-state index in [9.17, 15) is 4.79 Å². The van der Waals surface area contributed by atoms with Gasteiger partial charge in [0, 0.05) is 24.3 Å². The van der Waals surface area contributed by atoms with Crippen molar-refractivity contribution in [2.24, 2.45) is 11.7 Å². The number of carbonyl (C=O) groups is 1. The maximum atomic E-state index is 12.9. The molecule has 3 unspecified atom stereocenters. The predicted octanol–water partition coefficient (Wildman–Crippen LogP) is 2.42. The van der Waals surface area contributed by atoms with Crippen LogP contribution < -0.4 is 21.7 Å². The van der Waals surface area contributed by atoms with Crippen LogP contribution in [0.3, 0.4) is 0 Å². The van der Waals surface area contributed by atoms with Gasteiger partial charge >= 0.3 is 0 Å². The molecule has 0 spiro atoms. The van der Waals surface area contributed by atoms with Gasteiger partial charge in [-0.25, -0.2) is 0 Å². The zero-order chi connectivity index (χ0) is 20.1. The third-order valence-electron chi connectivity index (χ3n) is 5.08. The van der Waals surface area contributed by atoms with Crippen LogP contribution in [-0.2, 0) is 4.79 Å². The number of hydrogen-bond acceptors (Lipinski definition) is 5. The second kappa shape index (κ2) is 8.98. The van der Waals surface area contributed by atoms with Gasteiger partial charge in [-0.2, -0.15) is 5.26 Å². The molecule has 0 bridgehead atoms. The summed E-state index contributed by atoms with van der Waals surface area (Å²) in [5.74, 6) is -0.493. The minimum Gasteiger partial charge on any atom is -0.330 e. The molecule has 6 nitrogen and oxygen atoms in total. The van der Waals surface area contributed by atoms with Crippen molar-refractivity contribution in [3.8, 4) is 17.2 Å². The van der Waals surface area contributed by atoms with Crippen LogP contribution in [0.5, 0.6) is 0 Å². The van der Waals surface area contributed by atoms with Crippen LogP contribution in [0.1, 0.15) is 25.8 Å². The molecule has 0 aromatic heterocycles. The maximum absolute atomic E-state index is 12.9. The lowest BCUT2D eigenvalue weighted by Crippen LogP contribution is -2.62. The highest BCUT2D eigenvalue weighted by Crippen LogP contribution is 2.24. The van der Waals surface area contributed by atoms with Crippen LogP contribution in [0.2, 0.25) is 0 Å². The lowest BCUT2D eigenvalue weighted by atomic mass is 9.97. The molecule has 5 N–H and O–H groups in total. The lowest BCUT2D eigenvalue weighted by Gasteiger charge is -2.38. The minimum atomic E-state index is -0.379. The second-order valence-electron chi connectivity index (χ2n) is 7.45. The number of rotatable bonds is 5. The fourth-order valence-corrected chi connectivity index (χ4v) is 3.73. The van der Waals surface area contributed by atoms with Gasteiger partial charge in [0.15, 0.2) is 0 Å². The molecule has 6 heteroatoms. The average Bonchev–Trinajstić information content (AvgIpc) is 2.68. The van der Waals surface area contributed by atoms with Crippen molar-refractivity contribution in [1.29, 1.82) is 5.26 Å². The quantitative estimate of drug-likeness (QED) is 0.641. The van der Waals surface area contributed by atoms with Gasteiger partial charge in [0.05, 0.1) is 23.7 Å². The van der Waals surface area contributed by atoms with Gasteiger partial charge in [0.25, 0.3) is 0 Å². The Hall–Kier alpha value is -2.72. The smallest absolute Gasteiger partial charge is 0.231 e. The number of nitrogens with two attached hydrogens (primary N) is 1. The zero-order valence-corrected chi connectivity index (χ0v) is 16.3. The van der Waals surface area contributed by atoms with Crippen molar-refractivity contribution in [3.05, 3.63) is 54.1 Å². The number of hydrogen-bond donors (Lipinski definition) is 4. The molecular formula is C22H27N5O. The summed E-state index contributed by atoms with van der Waals surface area (Å²) in [6, 6.07) is 17.8. The number of nitrogens with zero attached hydrogens (tertiary/aromatic N) is 1. The van der Waals surface area contributed by atoms with Gasteiger partial charge < -0.3 is 11.1 Å². The third kappa shape index (κ3) is 4.76. The Balaban J connectivity index is 1.75. The van der Waals surface area contributed by atoms with E-state index in [0.717, 1.165) is 17.5 Å². The first-order chi connectivity index (χ1) is 13.5. The molecule has 0 aliphatic carbocycles. The highest BCUT2D eigenvalue weighted by Gasteiger charge is 2.32. The van der Waals surface area contributed by atoms with Crippen molar-refractivity contribution < 1.29 is 4.79 Å². The van der Waals surface area contributed by atoms with E-state index in [-0.39, 0.29) is 24.5 Å². The molecule has 146 valence electrons. The van der Waals surface area contributed by atoms with Crippen molar-refractivity contribution in [2.75, 3.05) is 11.9 Å². The highest BCUT2D eigenvalue weighted by molar-refractivity contribution is 5.93. The summed E-state index contributed by atoms with van der Waals surface area (Å²) in [6.07, 6.45) is 0.860. The summed E-state index contributed by atoms with van der Waals surface area (Å²) < 4.78 is 0. The van der Waals surface area contributed by atoms with Gasteiger partial charge in [-0.15, -0.1) is 0 Å². The normalized spacial score (nSPS) is 22.9. The molecule has 2 aromatic rings. The van der Waals surface area contributed by atoms with Crippen molar-refractivity contribution >= 4 is 11.6 Å². The van der Waals surface area contributed by atoms with E-state index in [0.29, 0.717) is 23.3 Å². The molecule has 3 rings (SSSR count). The molecule has 2 aromatic carbocycles. The van der Waals surface area contributed by atoms with Gasteiger partial charge in [-0.05, 0) is 55.7 Å². The van der Waals surface area contributed by atoms with Crippen LogP contribution >= 0.6 is 0 Å². The van der Waals surface area contributed by atoms with E-state index < -0.39 is 0 Å². The van der Waals surface area contributed by atoms with E-state index in [1.165, 1.54) is 0 Å². The van der Waals surface area contributed by atoms with Crippen LogP contribution in [0.15, 0.2) is 48.5 Å². The Kier molecular flexibility index (Phi) is 6.42. The van der Waals surface area contributed by atoms with Gasteiger partial charge in [0.2, 0.25) is 5.91 Å². The van der Waals surface area contributed by atoms with Crippen LogP contribution in [0, 0.1) is 17.2 Å². The lowest BCUT2D eigenvalue weighted by molar-refractivity contribution is -0.121. The van der Waals surface area contributed by atoms with E-state index in [4.69, 9.17) is 11.0 Å². The number of nitriles is 1. The maximum Gasteiger partial charge on any atom is 0.231 e. The highest BCUT2D eigenvalue weighted by atomic mass is 16.2. The Morgan fingerprint density at radius 2 is 1.82 bits per heavy atom. The molecule has 28 heavy (non-hydrogen) atoms. The standard InChI is InChI=1S/C22H27N5O/c1-14-9-15(2)26-21(25-14)20(13-24)22(28)27-19-8-4-7-18(11-19)17-6-3-5-16(10-17)12-23/h3-8,10-11,14-15,20-21,25-26H,9,13,24H2,1-2H3,(H,27,28). The molecular weight excluding hydrogens is 350 g/mol. The Bertz CT molecular complexity index is 865. The fraction of sp³-hybridized carbons (Fsp3) is 0.364. The van der Waals surface area contributed by atoms with Crippen LogP contribution in [-0.4, -0.2) is 30.7 Å². The number of nitrogens with one attached hydrogen (secondary N) is 3. The summed E-state index contributed by atoms with van der Waals surface area (Å²) in [5.41, 5.74) is 9.12. The number of benzene rings is 2. The van der Waals surface area contributed by atoms with Crippen molar-refractivity contribution in [2.45, 2.75) is 38.5 Å². The van der Waals surface area contributed by atoms with Crippen molar-refractivity contribution in [1.82, 2.24) is 10.6 Å². The summed E-state index contributed by atoms with van der Waals surface area (Å²) >= 11 is 0. The van der Waals surface area contributed by atoms with E-state index in [1.54, 1.807) is 6.07 Å². The predicted molar refractivity (Wildman–Crippen MR) is 111 cm³/mol. The minimum absolute atomic E-state index is 0.114. The summed E-state index contributed by atoms with van der Waals surface area (Å²) in [6.45, 7) is 4.49. The van der Waals surface area contributed by atoms with E-state index in [1.807, 2.05) is 42.5 Å². The monoisotopic (exact) mass is 377 g/mol. The van der Waals surface area contributed by atoms with Crippen molar-refractivity contribution in [3.63, 3.8) is 0 Å². The molecule has 1 fully saturated rings. The largest absolute Gasteiger partial charge is 0.330 e. The summed E-state index contributed by atoms with van der Waals surface area (Å²) in [4.78, 5) is 12.9. The molecule has 1 aliphatic rings. The number of anilines is 1. The Morgan fingerprint density at radius 1 is 1.18 bits per heavy atom. The zero-order valence-electron chi connectivity index (χ0n) is 16.3. The first-order valence-electron chi connectivity index (χ1n) is 9.63. The van der Waals surface area contributed by atoms with Crippen LogP contribution in [0.25, 0.3) is 11.1 Å². The fourth-order valence-electron chi connectivity index (χ4n) is 3.73. The molecule has 0 radical (unpaired) electrons. The molecule has 1 aliphatic heterocycles. The average molecular weight is 377 g/mol. The number of carbonyl (C=O) groups excluding carboxylic acids is 1. The summed E-state index contributed by atoms with van der Waals surface area (Å²) in [7, 11) is 0. The van der Waals surface area contributed by atoms with E-state index in [2.05, 4.69) is 35.9 Å². The molecule has 1 saturated heterocycles.